The second kappa shape index (κ2) is 3.96. The summed E-state index contributed by atoms with van der Waals surface area (Å²) in [7, 11) is 0. The van der Waals surface area contributed by atoms with E-state index in [-0.39, 0.29) is 10.8 Å². The lowest BCUT2D eigenvalue weighted by atomic mass is 10.2. The van der Waals surface area contributed by atoms with Crippen molar-refractivity contribution < 1.29 is 15.0 Å². The topological polar surface area (TPSA) is 57.5 Å². The van der Waals surface area contributed by atoms with Crippen molar-refractivity contribution in [3.63, 3.8) is 0 Å². The van der Waals surface area contributed by atoms with E-state index in [2.05, 4.69) is 0 Å². The van der Waals surface area contributed by atoms with E-state index in [4.69, 9.17) is 21.8 Å². The van der Waals surface area contributed by atoms with Crippen molar-refractivity contribution in [1.82, 2.24) is 0 Å². The number of benzene rings is 1. The molecular weight excluding hydrogens is 192 g/mol. The third-order valence-electron chi connectivity index (χ3n) is 1.41. The van der Waals surface area contributed by atoms with Crippen molar-refractivity contribution in [1.29, 1.82) is 0 Å². The largest absolute Gasteiger partial charge is 0.506 e. The molecule has 68 valence electrons. The SMILES string of the molecule is O=C(O)/C=C/c1cccc(O)c1Cl. The van der Waals surface area contributed by atoms with Crippen molar-refractivity contribution in [2.45, 2.75) is 0 Å². The zero-order valence-electron chi connectivity index (χ0n) is 6.57. The Morgan fingerprint density at radius 3 is 2.77 bits per heavy atom. The van der Waals surface area contributed by atoms with Crippen LogP contribution in [-0.4, -0.2) is 16.2 Å². The molecule has 0 aliphatic rings. The first-order chi connectivity index (χ1) is 6.11. The number of phenols is 1. The highest BCUT2D eigenvalue weighted by molar-refractivity contribution is 6.33. The summed E-state index contributed by atoms with van der Waals surface area (Å²) in [6.45, 7) is 0. The van der Waals surface area contributed by atoms with E-state index in [9.17, 15) is 4.79 Å². The summed E-state index contributed by atoms with van der Waals surface area (Å²) in [5, 5.41) is 17.6. The van der Waals surface area contributed by atoms with Gasteiger partial charge in [-0.1, -0.05) is 23.7 Å². The summed E-state index contributed by atoms with van der Waals surface area (Å²) in [6, 6.07) is 4.63. The summed E-state index contributed by atoms with van der Waals surface area (Å²) in [6.07, 6.45) is 2.28. The predicted octanol–water partition coefficient (Wildman–Crippen LogP) is 2.14. The van der Waals surface area contributed by atoms with E-state index in [1.165, 1.54) is 12.1 Å². The van der Waals surface area contributed by atoms with Crippen LogP contribution < -0.4 is 0 Å². The Balaban J connectivity index is 3.02. The van der Waals surface area contributed by atoms with Gasteiger partial charge in [-0.15, -0.1) is 0 Å². The molecule has 0 aliphatic heterocycles. The van der Waals surface area contributed by atoms with Crippen LogP contribution in [0.4, 0.5) is 0 Å². The van der Waals surface area contributed by atoms with Gasteiger partial charge in [0.15, 0.2) is 0 Å². The minimum absolute atomic E-state index is 0.0609. The summed E-state index contributed by atoms with van der Waals surface area (Å²) in [5.74, 6) is -1.12. The molecule has 13 heavy (non-hydrogen) atoms. The van der Waals surface area contributed by atoms with Crippen LogP contribution in [0.5, 0.6) is 5.75 Å². The number of carboxylic acids is 1. The minimum Gasteiger partial charge on any atom is -0.506 e. The van der Waals surface area contributed by atoms with Crippen LogP contribution in [0.25, 0.3) is 6.08 Å². The van der Waals surface area contributed by atoms with Crippen LogP contribution in [-0.2, 0) is 4.79 Å². The number of aliphatic carboxylic acids is 1. The Hall–Kier alpha value is -1.48. The Morgan fingerprint density at radius 1 is 1.46 bits per heavy atom. The third-order valence-corrected chi connectivity index (χ3v) is 1.83. The van der Waals surface area contributed by atoms with Crippen LogP contribution in [0.2, 0.25) is 5.02 Å². The maximum absolute atomic E-state index is 10.2. The van der Waals surface area contributed by atoms with Gasteiger partial charge in [-0.3, -0.25) is 0 Å². The molecule has 1 aromatic carbocycles. The lowest BCUT2D eigenvalue weighted by Crippen LogP contribution is -1.86. The highest BCUT2D eigenvalue weighted by atomic mass is 35.5. The van der Waals surface area contributed by atoms with E-state index in [1.54, 1.807) is 12.1 Å². The van der Waals surface area contributed by atoms with E-state index in [0.717, 1.165) is 6.08 Å². The van der Waals surface area contributed by atoms with Crippen LogP contribution in [0.1, 0.15) is 5.56 Å². The number of aromatic hydroxyl groups is 1. The fourth-order valence-corrected chi connectivity index (χ4v) is 1.02. The minimum atomic E-state index is -1.06. The molecule has 0 amide bonds. The van der Waals surface area contributed by atoms with E-state index in [0.29, 0.717) is 5.56 Å². The smallest absolute Gasteiger partial charge is 0.328 e. The Morgan fingerprint density at radius 2 is 2.15 bits per heavy atom. The van der Waals surface area contributed by atoms with Gasteiger partial charge in [0, 0.05) is 6.08 Å². The van der Waals surface area contributed by atoms with Gasteiger partial charge >= 0.3 is 5.97 Å². The molecule has 0 saturated carbocycles. The average molecular weight is 199 g/mol. The number of rotatable bonds is 2. The lowest BCUT2D eigenvalue weighted by molar-refractivity contribution is -0.131. The normalized spacial score (nSPS) is 10.5. The molecule has 0 aromatic heterocycles. The number of carboxylic acid groups (broad SMARTS) is 1. The summed E-state index contributed by atoms with van der Waals surface area (Å²) in [4.78, 5) is 10.2. The quantitative estimate of drug-likeness (QED) is 0.716. The first kappa shape index (κ1) is 9.61. The standard InChI is InChI=1S/C9H7ClO3/c10-9-6(4-5-8(12)13)2-1-3-7(9)11/h1-5,11H,(H,12,13)/b5-4+. The number of phenolic OH excluding ortho intramolecular Hbond substituents is 1. The van der Waals surface area contributed by atoms with Crippen LogP contribution in [0, 0.1) is 0 Å². The lowest BCUT2D eigenvalue weighted by Gasteiger charge is -1.99. The van der Waals surface area contributed by atoms with Gasteiger partial charge in [-0.2, -0.15) is 0 Å². The van der Waals surface area contributed by atoms with Gasteiger partial charge in [0.05, 0.1) is 5.02 Å². The molecule has 1 aromatic rings. The monoisotopic (exact) mass is 198 g/mol. The highest BCUT2D eigenvalue weighted by Gasteiger charge is 2.01. The molecule has 0 aliphatic carbocycles. The molecule has 2 N–H and O–H groups in total. The first-order valence-corrected chi connectivity index (χ1v) is 3.87. The van der Waals surface area contributed by atoms with Crippen molar-refractivity contribution >= 4 is 23.6 Å². The Bertz CT molecular complexity index is 358. The van der Waals surface area contributed by atoms with Crippen molar-refractivity contribution in [2.24, 2.45) is 0 Å². The molecule has 0 atom stereocenters. The van der Waals surface area contributed by atoms with Gasteiger partial charge in [0.1, 0.15) is 5.75 Å². The molecule has 0 radical (unpaired) electrons. The van der Waals surface area contributed by atoms with E-state index in [1.807, 2.05) is 0 Å². The van der Waals surface area contributed by atoms with Crippen LogP contribution >= 0.6 is 11.6 Å². The first-order valence-electron chi connectivity index (χ1n) is 3.50. The summed E-state index contributed by atoms with van der Waals surface area (Å²) in [5.41, 5.74) is 0.476. The molecular formula is C9H7ClO3. The zero-order valence-corrected chi connectivity index (χ0v) is 7.32. The summed E-state index contributed by atoms with van der Waals surface area (Å²) >= 11 is 5.68. The number of halogens is 1. The van der Waals surface area contributed by atoms with E-state index < -0.39 is 5.97 Å². The number of hydrogen-bond acceptors (Lipinski definition) is 2. The third kappa shape index (κ3) is 2.49. The van der Waals surface area contributed by atoms with Crippen molar-refractivity contribution in [2.75, 3.05) is 0 Å². The Kier molecular flexibility index (Phi) is 2.93. The predicted molar refractivity (Wildman–Crippen MR) is 49.8 cm³/mol. The van der Waals surface area contributed by atoms with Crippen LogP contribution in [0.15, 0.2) is 24.3 Å². The average Bonchev–Trinajstić information content (AvgIpc) is 2.07. The maximum atomic E-state index is 10.2. The molecule has 0 saturated heterocycles. The van der Waals surface area contributed by atoms with E-state index >= 15 is 0 Å². The van der Waals surface area contributed by atoms with Gasteiger partial charge < -0.3 is 10.2 Å². The fourth-order valence-electron chi connectivity index (χ4n) is 0.827. The van der Waals surface area contributed by atoms with Crippen molar-refractivity contribution in [3.05, 3.63) is 34.9 Å². The second-order valence-electron chi connectivity index (χ2n) is 2.35. The second-order valence-corrected chi connectivity index (χ2v) is 2.73. The molecule has 0 spiro atoms. The molecule has 0 heterocycles. The molecule has 1 rings (SSSR count). The number of carbonyl (C=O) groups is 1. The van der Waals surface area contributed by atoms with Crippen molar-refractivity contribution in [3.8, 4) is 5.75 Å². The number of hydrogen-bond donors (Lipinski definition) is 2. The highest BCUT2D eigenvalue weighted by Crippen LogP contribution is 2.27. The van der Waals surface area contributed by atoms with Gasteiger partial charge in [0.25, 0.3) is 0 Å². The van der Waals surface area contributed by atoms with Gasteiger partial charge in [-0.25, -0.2) is 4.79 Å². The molecule has 4 heteroatoms. The molecule has 0 fully saturated rings. The molecule has 0 bridgehead atoms. The zero-order chi connectivity index (χ0) is 9.84. The Labute approximate surface area is 79.9 Å². The maximum Gasteiger partial charge on any atom is 0.328 e. The summed E-state index contributed by atoms with van der Waals surface area (Å²) < 4.78 is 0. The van der Waals surface area contributed by atoms with Gasteiger partial charge in [0.2, 0.25) is 0 Å². The van der Waals surface area contributed by atoms with Crippen LogP contribution in [0.3, 0.4) is 0 Å². The fraction of sp³-hybridized carbons (Fsp3) is 0. The molecule has 0 unspecified atom stereocenters. The molecule has 3 nitrogen and oxygen atoms in total. The van der Waals surface area contributed by atoms with Gasteiger partial charge in [-0.05, 0) is 17.7 Å².